The van der Waals surface area contributed by atoms with Gasteiger partial charge in [0.2, 0.25) is 0 Å². The van der Waals surface area contributed by atoms with Gasteiger partial charge in [-0.15, -0.1) is 0 Å². The topological polar surface area (TPSA) is 32.8 Å². The van der Waals surface area contributed by atoms with Crippen molar-refractivity contribution < 1.29 is 13.9 Å². The smallest absolute Gasteiger partial charge is 0.260 e. The summed E-state index contributed by atoms with van der Waals surface area (Å²) < 4.78 is 18.4. The molecule has 1 fully saturated rings. The molecule has 0 bridgehead atoms. The van der Waals surface area contributed by atoms with E-state index < -0.39 is 5.82 Å². The van der Waals surface area contributed by atoms with Crippen LogP contribution in [0.5, 0.6) is 5.75 Å². The van der Waals surface area contributed by atoms with Crippen LogP contribution >= 0.6 is 23.2 Å². The second kappa shape index (κ2) is 7.93. The Balaban J connectivity index is 1.50. The predicted octanol–water partition coefficient (Wildman–Crippen LogP) is 3.86. The van der Waals surface area contributed by atoms with Crippen LogP contribution in [-0.4, -0.2) is 43.6 Å². The van der Waals surface area contributed by atoms with E-state index in [2.05, 4.69) is 4.90 Å². The lowest BCUT2D eigenvalue weighted by Gasteiger charge is -2.36. The van der Waals surface area contributed by atoms with Gasteiger partial charge in [-0.05, 0) is 42.5 Å². The first-order valence-corrected chi connectivity index (χ1v) is 8.64. The van der Waals surface area contributed by atoms with Gasteiger partial charge >= 0.3 is 0 Å². The molecule has 0 atom stereocenters. The number of amides is 1. The van der Waals surface area contributed by atoms with Crippen LogP contribution in [0.2, 0.25) is 10.0 Å². The summed E-state index contributed by atoms with van der Waals surface area (Å²) in [5, 5.41) is 0.856. The van der Waals surface area contributed by atoms with Crippen molar-refractivity contribution in [2.24, 2.45) is 0 Å². The minimum Gasteiger partial charge on any atom is -0.482 e. The van der Waals surface area contributed by atoms with Crippen LogP contribution in [0.4, 0.5) is 10.1 Å². The van der Waals surface area contributed by atoms with E-state index in [4.69, 9.17) is 27.9 Å². The molecular formula is C18H17Cl2FN2O2. The number of hydrogen-bond acceptors (Lipinski definition) is 3. The average molecular weight is 383 g/mol. The summed E-state index contributed by atoms with van der Waals surface area (Å²) in [7, 11) is 0. The fourth-order valence-electron chi connectivity index (χ4n) is 2.69. The third-order valence-electron chi connectivity index (χ3n) is 4.07. The van der Waals surface area contributed by atoms with E-state index in [0.29, 0.717) is 23.9 Å². The van der Waals surface area contributed by atoms with Gasteiger partial charge in [0.05, 0.1) is 5.02 Å². The van der Waals surface area contributed by atoms with Crippen LogP contribution in [0.25, 0.3) is 0 Å². The normalized spacial score (nSPS) is 14.5. The molecule has 7 heteroatoms. The summed E-state index contributed by atoms with van der Waals surface area (Å²) in [5.41, 5.74) is 1.09. The Morgan fingerprint density at radius 3 is 2.36 bits per heavy atom. The molecule has 132 valence electrons. The van der Waals surface area contributed by atoms with Crippen LogP contribution in [0, 0.1) is 5.82 Å². The Morgan fingerprint density at radius 2 is 1.72 bits per heavy atom. The number of rotatable bonds is 4. The molecule has 0 aliphatic carbocycles. The number of halogens is 3. The Labute approximate surface area is 155 Å². The molecule has 3 rings (SSSR count). The van der Waals surface area contributed by atoms with Gasteiger partial charge in [0, 0.05) is 36.9 Å². The van der Waals surface area contributed by atoms with Crippen molar-refractivity contribution in [1.82, 2.24) is 4.90 Å². The van der Waals surface area contributed by atoms with Gasteiger partial charge < -0.3 is 14.5 Å². The summed E-state index contributed by atoms with van der Waals surface area (Å²) in [6, 6.07) is 11.5. The van der Waals surface area contributed by atoms with Crippen LogP contribution < -0.4 is 9.64 Å². The molecule has 0 unspecified atom stereocenters. The molecule has 0 aromatic heterocycles. The molecule has 0 N–H and O–H groups in total. The molecule has 2 aromatic carbocycles. The lowest BCUT2D eigenvalue weighted by molar-refractivity contribution is -0.133. The molecule has 25 heavy (non-hydrogen) atoms. The molecule has 0 radical (unpaired) electrons. The number of carbonyl (C=O) groups excluding carboxylic acids is 1. The Kier molecular flexibility index (Phi) is 5.66. The highest BCUT2D eigenvalue weighted by molar-refractivity contribution is 6.32. The van der Waals surface area contributed by atoms with E-state index in [1.54, 1.807) is 4.90 Å². The standard InChI is InChI=1S/C18H17Cl2FN2O2/c19-13-1-4-15(5-2-13)22-7-9-23(10-8-22)18(24)12-25-17-6-3-14(21)11-16(17)20/h1-6,11H,7-10,12H2. The maximum atomic E-state index is 13.0. The lowest BCUT2D eigenvalue weighted by Crippen LogP contribution is -2.50. The van der Waals surface area contributed by atoms with Crippen molar-refractivity contribution in [1.29, 1.82) is 0 Å². The SMILES string of the molecule is O=C(COc1ccc(F)cc1Cl)N1CCN(c2ccc(Cl)cc2)CC1. The summed E-state index contributed by atoms with van der Waals surface area (Å²) >= 11 is 11.8. The van der Waals surface area contributed by atoms with Gasteiger partial charge in [-0.25, -0.2) is 4.39 Å². The van der Waals surface area contributed by atoms with E-state index in [0.717, 1.165) is 24.8 Å². The first-order chi connectivity index (χ1) is 12.0. The monoisotopic (exact) mass is 382 g/mol. The third kappa shape index (κ3) is 4.55. The molecule has 1 heterocycles. The molecule has 1 aliphatic rings. The summed E-state index contributed by atoms with van der Waals surface area (Å²) in [5.74, 6) is -0.255. The first-order valence-electron chi connectivity index (χ1n) is 7.89. The van der Waals surface area contributed by atoms with Crippen LogP contribution in [0.15, 0.2) is 42.5 Å². The second-order valence-corrected chi connectivity index (χ2v) is 6.55. The van der Waals surface area contributed by atoms with Gasteiger partial charge in [0.1, 0.15) is 11.6 Å². The van der Waals surface area contributed by atoms with E-state index in [-0.39, 0.29) is 17.5 Å². The molecule has 1 amide bonds. The third-order valence-corrected chi connectivity index (χ3v) is 4.62. The highest BCUT2D eigenvalue weighted by Gasteiger charge is 2.21. The zero-order chi connectivity index (χ0) is 17.8. The van der Waals surface area contributed by atoms with Crippen molar-refractivity contribution in [2.45, 2.75) is 0 Å². The number of nitrogens with zero attached hydrogens (tertiary/aromatic N) is 2. The lowest BCUT2D eigenvalue weighted by atomic mass is 10.2. The first kappa shape index (κ1) is 17.8. The minimum atomic E-state index is -0.443. The maximum absolute atomic E-state index is 13.0. The van der Waals surface area contributed by atoms with Crippen molar-refractivity contribution in [2.75, 3.05) is 37.7 Å². The molecular weight excluding hydrogens is 366 g/mol. The quantitative estimate of drug-likeness (QED) is 0.804. The number of benzene rings is 2. The van der Waals surface area contributed by atoms with Crippen molar-refractivity contribution >= 4 is 34.8 Å². The summed E-state index contributed by atoms with van der Waals surface area (Å²) in [4.78, 5) is 16.2. The number of anilines is 1. The molecule has 1 saturated heterocycles. The second-order valence-electron chi connectivity index (χ2n) is 5.71. The predicted molar refractivity (Wildman–Crippen MR) is 97.2 cm³/mol. The summed E-state index contributed by atoms with van der Waals surface area (Å²) in [6.45, 7) is 2.59. The van der Waals surface area contributed by atoms with Gasteiger partial charge in [0.15, 0.2) is 6.61 Å². The number of ether oxygens (including phenoxy) is 1. The fraction of sp³-hybridized carbons (Fsp3) is 0.278. The van der Waals surface area contributed by atoms with Crippen molar-refractivity contribution in [3.05, 3.63) is 58.3 Å². The zero-order valence-corrected chi connectivity index (χ0v) is 14.9. The molecule has 4 nitrogen and oxygen atoms in total. The Hall–Kier alpha value is -1.98. The largest absolute Gasteiger partial charge is 0.482 e. The van der Waals surface area contributed by atoms with Crippen LogP contribution in [-0.2, 0) is 4.79 Å². The van der Waals surface area contributed by atoms with Gasteiger partial charge in [-0.3, -0.25) is 4.79 Å². The summed E-state index contributed by atoms with van der Waals surface area (Å²) in [6.07, 6.45) is 0. The molecule has 0 saturated carbocycles. The molecule has 2 aromatic rings. The highest BCUT2D eigenvalue weighted by atomic mass is 35.5. The van der Waals surface area contributed by atoms with Crippen LogP contribution in [0.3, 0.4) is 0 Å². The number of carbonyl (C=O) groups is 1. The number of piperazine rings is 1. The van der Waals surface area contributed by atoms with Crippen molar-refractivity contribution in [3.8, 4) is 5.75 Å². The van der Waals surface area contributed by atoms with Crippen LogP contribution in [0.1, 0.15) is 0 Å². The zero-order valence-electron chi connectivity index (χ0n) is 13.4. The van der Waals surface area contributed by atoms with Gasteiger partial charge in [-0.2, -0.15) is 0 Å². The van der Waals surface area contributed by atoms with Crippen molar-refractivity contribution in [3.63, 3.8) is 0 Å². The van der Waals surface area contributed by atoms with E-state index in [1.807, 2.05) is 24.3 Å². The number of hydrogen-bond donors (Lipinski definition) is 0. The van der Waals surface area contributed by atoms with E-state index >= 15 is 0 Å². The Morgan fingerprint density at radius 1 is 1.04 bits per heavy atom. The minimum absolute atomic E-state index is 0.115. The van der Waals surface area contributed by atoms with E-state index in [9.17, 15) is 9.18 Å². The maximum Gasteiger partial charge on any atom is 0.260 e. The molecule has 1 aliphatic heterocycles. The average Bonchev–Trinajstić information content (AvgIpc) is 2.61. The fourth-order valence-corrected chi connectivity index (χ4v) is 3.04. The van der Waals surface area contributed by atoms with Gasteiger partial charge in [0.25, 0.3) is 5.91 Å². The van der Waals surface area contributed by atoms with E-state index in [1.165, 1.54) is 12.1 Å². The van der Waals surface area contributed by atoms with Gasteiger partial charge in [-0.1, -0.05) is 23.2 Å². The molecule has 0 spiro atoms. The highest BCUT2D eigenvalue weighted by Crippen LogP contribution is 2.25. The Bertz CT molecular complexity index is 747.